The van der Waals surface area contributed by atoms with Gasteiger partial charge in [0, 0.05) is 22.9 Å². The van der Waals surface area contributed by atoms with Gasteiger partial charge in [0.15, 0.2) is 0 Å². The first-order valence-corrected chi connectivity index (χ1v) is 6.47. The van der Waals surface area contributed by atoms with Crippen molar-refractivity contribution in [3.05, 3.63) is 57.0 Å². The number of anilines is 1. The maximum absolute atomic E-state index is 10.8. The predicted molar refractivity (Wildman–Crippen MR) is 78.1 cm³/mol. The molecule has 0 aliphatic rings. The van der Waals surface area contributed by atoms with E-state index in [1.54, 1.807) is 19.1 Å². The summed E-state index contributed by atoms with van der Waals surface area (Å²) in [4.78, 5) is 10.4. The van der Waals surface area contributed by atoms with Gasteiger partial charge in [0.1, 0.15) is 11.5 Å². The molecule has 1 atom stereocenters. The van der Waals surface area contributed by atoms with E-state index in [0.29, 0.717) is 5.56 Å². The van der Waals surface area contributed by atoms with Gasteiger partial charge >= 0.3 is 0 Å². The van der Waals surface area contributed by atoms with Crippen LogP contribution in [0.2, 0.25) is 0 Å². The molecule has 0 radical (unpaired) electrons. The minimum atomic E-state index is -0.369. The summed E-state index contributed by atoms with van der Waals surface area (Å²) in [6, 6.07) is 7.12. The van der Waals surface area contributed by atoms with Gasteiger partial charge in [-0.3, -0.25) is 10.1 Å². The highest BCUT2D eigenvalue weighted by molar-refractivity contribution is 5.54. The number of furan rings is 1. The summed E-state index contributed by atoms with van der Waals surface area (Å²) >= 11 is 0. The van der Waals surface area contributed by atoms with Crippen LogP contribution in [0.3, 0.4) is 0 Å². The van der Waals surface area contributed by atoms with Crippen LogP contribution in [0.25, 0.3) is 0 Å². The summed E-state index contributed by atoms with van der Waals surface area (Å²) in [5.74, 6) is 1.77. The second-order valence-corrected chi connectivity index (χ2v) is 4.99. The molecule has 20 heavy (non-hydrogen) atoms. The standard InChI is InChI=1S/C15H18N2O3/c1-9-7-13(5-6-15(9)17(18)19)16-11(3)14-8-10(2)20-12(14)4/h5-8,11,16H,1-4H3. The van der Waals surface area contributed by atoms with Crippen molar-refractivity contribution in [3.8, 4) is 0 Å². The molecule has 0 saturated heterocycles. The average Bonchev–Trinajstić information content (AvgIpc) is 2.68. The lowest BCUT2D eigenvalue weighted by Crippen LogP contribution is -2.07. The molecule has 0 amide bonds. The van der Waals surface area contributed by atoms with Crippen molar-refractivity contribution >= 4 is 11.4 Å². The zero-order valence-electron chi connectivity index (χ0n) is 12.1. The van der Waals surface area contributed by atoms with Crippen LogP contribution >= 0.6 is 0 Å². The maximum Gasteiger partial charge on any atom is 0.272 e. The number of nitrogens with zero attached hydrogens (tertiary/aromatic N) is 1. The fraction of sp³-hybridized carbons (Fsp3) is 0.333. The Labute approximate surface area is 117 Å². The molecule has 0 aliphatic carbocycles. The average molecular weight is 274 g/mol. The highest BCUT2D eigenvalue weighted by Crippen LogP contribution is 2.27. The SMILES string of the molecule is Cc1cc(C(C)Nc2ccc([N+](=O)[O-])c(C)c2)c(C)o1. The van der Waals surface area contributed by atoms with E-state index in [4.69, 9.17) is 4.42 Å². The van der Waals surface area contributed by atoms with Crippen molar-refractivity contribution in [2.45, 2.75) is 33.7 Å². The second-order valence-electron chi connectivity index (χ2n) is 4.99. The van der Waals surface area contributed by atoms with Gasteiger partial charge in [-0.25, -0.2) is 0 Å². The Kier molecular flexibility index (Phi) is 3.79. The summed E-state index contributed by atoms with van der Waals surface area (Å²) < 4.78 is 5.52. The molecule has 1 aromatic carbocycles. The van der Waals surface area contributed by atoms with Crippen molar-refractivity contribution in [2.24, 2.45) is 0 Å². The number of hydrogen-bond acceptors (Lipinski definition) is 4. The van der Waals surface area contributed by atoms with Crippen molar-refractivity contribution in [2.75, 3.05) is 5.32 Å². The summed E-state index contributed by atoms with van der Waals surface area (Å²) in [6.45, 7) is 7.62. The monoisotopic (exact) mass is 274 g/mol. The first-order chi connectivity index (χ1) is 9.38. The molecule has 5 nitrogen and oxygen atoms in total. The summed E-state index contributed by atoms with van der Waals surface area (Å²) in [5, 5.41) is 14.1. The first-order valence-electron chi connectivity index (χ1n) is 6.47. The molecule has 1 unspecified atom stereocenters. The molecule has 2 rings (SSSR count). The lowest BCUT2D eigenvalue weighted by Gasteiger charge is -2.15. The summed E-state index contributed by atoms with van der Waals surface area (Å²) in [5.41, 5.74) is 2.74. The fourth-order valence-corrected chi connectivity index (χ4v) is 2.36. The summed E-state index contributed by atoms with van der Waals surface area (Å²) in [7, 11) is 0. The highest BCUT2D eigenvalue weighted by Gasteiger charge is 2.14. The van der Waals surface area contributed by atoms with E-state index in [1.807, 2.05) is 26.8 Å². The molecule has 5 heteroatoms. The van der Waals surface area contributed by atoms with Gasteiger partial charge in [0.05, 0.1) is 11.0 Å². The quantitative estimate of drug-likeness (QED) is 0.667. The van der Waals surface area contributed by atoms with Crippen LogP contribution in [0.5, 0.6) is 0 Å². The Balaban J connectivity index is 2.20. The third-order valence-corrected chi connectivity index (χ3v) is 3.32. The molecule has 0 aliphatic heterocycles. The molecular formula is C15H18N2O3. The number of rotatable bonds is 4. The topological polar surface area (TPSA) is 68.3 Å². The van der Waals surface area contributed by atoms with Crippen LogP contribution in [-0.4, -0.2) is 4.92 Å². The normalized spacial score (nSPS) is 12.2. The smallest absolute Gasteiger partial charge is 0.272 e. The first kappa shape index (κ1) is 14.1. The van der Waals surface area contributed by atoms with Gasteiger partial charge in [-0.1, -0.05) is 0 Å². The van der Waals surface area contributed by atoms with Gasteiger partial charge in [0.25, 0.3) is 5.69 Å². The van der Waals surface area contributed by atoms with Gasteiger partial charge < -0.3 is 9.73 Å². The van der Waals surface area contributed by atoms with Crippen molar-refractivity contribution in [3.63, 3.8) is 0 Å². The molecule has 0 fully saturated rings. The van der Waals surface area contributed by atoms with E-state index in [2.05, 4.69) is 5.32 Å². The summed E-state index contributed by atoms with van der Waals surface area (Å²) in [6.07, 6.45) is 0. The van der Waals surface area contributed by atoms with E-state index in [-0.39, 0.29) is 16.7 Å². The number of nitro benzene ring substituents is 1. The minimum Gasteiger partial charge on any atom is -0.466 e. The number of aryl methyl sites for hydroxylation is 3. The molecule has 1 heterocycles. The van der Waals surface area contributed by atoms with E-state index >= 15 is 0 Å². The van der Waals surface area contributed by atoms with Crippen LogP contribution in [0, 0.1) is 30.9 Å². The largest absolute Gasteiger partial charge is 0.466 e. The zero-order valence-corrected chi connectivity index (χ0v) is 12.1. The molecule has 2 aromatic rings. The van der Waals surface area contributed by atoms with E-state index in [0.717, 1.165) is 22.8 Å². The molecule has 0 saturated carbocycles. The number of nitro groups is 1. The number of nitrogens with one attached hydrogen (secondary N) is 1. The minimum absolute atomic E-state index is 0.0771. The number of hydrogen-bond donors (Lipinski definition) is 1. The van der Waals surface area contributed by atoms with Crippen molar-refractivity contribution in [1.29, 1.82) is 0 Å². The van der Waals surface area contributed by atoms with Crippen LogP contribution in [-0.2, 0) is 0 Å². The van der Waals surface area contributed by atoms with Gasteiger partial charge in [-0.2, -0.15) is 0 Å². The van der Waals surface area contributed by atoms with Gasteiger partial charge in [0.2, 0.25) is 0 Å². The van der Waals surface area contributed by atoms with Crippen molar-refractivity contribution in [1.82, 2.24) is 0 Å². The Morgan fingerprint density at radius 2 is 1.95 bits per heavy atom. The van der Waals surface area contributed by atoms with E-state index in [9.17, 15) is 10.1 Å². The van der Waals surface area contributed by atoms with E-state index < -0.39 is 0 Å². The lowest BCUT2D eigenvalue weighted by atomic mass is 10.1. The third kappa shape index (κ3) is 2.82. The van der Waals surface area contributed by atoms with Crippen LogP contribution < -0.4 is 5.32 Å². The molecule has 1 N–H and O–H groups in total. The van der Waals surface area contributed by atoms with Gasteiger partial charge in [-0.15, -0.1) is 0 Å². The Morgan fingerprint density at radius 1 is 1.25 bits per heavy atom. The van der Waals surface area contributed by atoms with Crippen molar-refractivity contribution < 1.29 is 9.34 Å². The zero-order chi connectivity index (χ0) is 14.9. The molecular weight excluding hydrogens is 256 g/mol. The Bertz CT molecular complexity index is 647. The molecule has 1 aromatic heterocycles. The molecule has 0 bridgehead atoms. The molecule has 106 valence electrons. The molecule has 0 spiro atoms. The maximum atomic E-state index is 10.8. The second kappa shape index (κ2) is 5.36. The number of benzene rings is 1. The lowest BCUT2D eigenvalue weighted by molar-refractivity contribution is -0.385. The Morgan fingerprint density at radius 3 is 2.45 bits per heavy atom. The predicted octanol–water partition coefficient (Wildman–Crippen LogP) is 4.29. The Hall–Kier alpha value is -2.30. The van der Waals surface area contributed by atoms with Crippen LogP contribution in [0.1, 0.15) is 35.6 Å². The van der Waals surface area contributed by atoms with Crippen LogP contribution in [0.4, 0.5) is 11.4 Å². The van der Waals surface area contributed by atoms with Gasteiger partial charge in [-0.05, 0) is 45.9 Å². The fourth-order valence-electron chi connectivity index (χ4n) is 2.36. The van der Waals surface area contributed by atoms with Crippen LogP contribution in [0.15, 0.2) is 28.7 Å². The van der Waals surface area contributed by atoms with E-state index in [1.165, 1.54) is 6.07 Å². The highest BCUT2D eigenvalue weighted by atomic mass is 16.6. The third-order valence-electron chi connectivity index (χ3n) is 3.32.